The molecule has 2 aromatic carbocycles. The van der Waals surface area contributed by atoms with Crippen molar-refractivity contribution in [2.24, 2.45) is 0 Å². The summed E-state index contributed by atoms with van der Waals surface area (Å²) < 4.78 is 10.6. The van der Waals surface area contributed by atoms with Crippen molar-refractivity contribution in [3.8, 4) is 22.9 Å². The largest absolute Gasteiger partial charge is 0.454 e. The molecule has 0 fully saturated rings. The number of aromatic amines is 1. The van der Waals surface area contributed by atoms with Gasteiger partial charge in [-0.25, -0.2) is 0 Å². The van der Waals surface area contributed by atoms with Gasteiger partial charge < -0.3 is 19.8 Å². The minimum atomic E-state index is -0.375. The molecule has 30 heavy (non-hydrogen) atoms. The Bertz CT molecular complexity index is 1160. The van der Waals surface area contributed by atoms with Crippen LogP contribution in [0.2, 0.25) is 5.02 Å². The lowest BCUT2D eigenvalue weighted by atomic mass is 10.1. The zero-order chi connectivity index (χ0) is 21.1. The van der Waals surface area contributed by atoms with Crippen molar-refractivity contribution < 1.29 is 14.3 Å². The Balaban J connectivity index is 1.33. The lowest BCUT2D eigenvalue weighted by molar-refractivity contribution is -0.121. The van der Waals surface area contributed by atoms with Crippen molar-refractivity contribution in [1.82, 2.24) is 20.5 Å². The molecule has 0 bridgehead atoms. The summed E-state index contributed by atoms with van der Waals surface area (Å²) in [6, 6.07) is 10.9. The van der Waals surface area contributed by atoms with Crippen LogP contribution in [0.3, 0.4) is 0 Å². The van der Waals surface area contributed by atoms with E-state index in [-0.39, 0.29) is 36.8 Å². The highest BCUT2D eigenvalue weighted by molar-refractivity contribution is 6.31. The first-order valence-electron chi connectivity index (χ1n) is 9.37. The van der Waals surface area contributed by atoms with E-state index < -0.39 is 0 Å². The molecule has 2 N–H and O–H groups in total. The number of ether oxygens (including phenoxy) is 2. The number of fused-ring (bicyclic) bond motifs is 1. The SMILES string of the molecule is Cc1ccc(-c2nnc(CCC(=O)NCc3ccc4c(c3)OCO4)c(=O)[nH]2)cc1Cl. The quantitative estimate of drug-likeness (QED) is 0.627. The highest BCUT2D eigenvalue weighted by Gasteiger charge is 2.14. The molecule has 1 aliphatic heterocycles. The number of amides is 1. The Morgan fingerprint density at radius 3 is 2.80 bits per heavy atom. The first-order chi connectivity index (χ1) is 14.5. The van der Waals surface area contributed by atoms with Crippen LogP contribution in [0.25, 0.3) is 11.4 Å². The summed E-state index contributed by atoms with van der Waals surface area (Å²) in [4.78, 5) is 27.2. The van der Waals surface area contributed by atoms with Crippen LogP contribution in [0, 0.1) is 6.92 Å². The minimum Gasteiger partial charge on any atom is -0.454 e. The van der Waals surface area contributed by atoms with Crippen LogP contribution in [-0.2, 0) is 17.8 Å². The minimum absolute atomic E-state index is 0.123. The fourth-order valence-corrected chi connectivity index (χ4v) is 3.15. The molecule has 0 radical (unpaired) electrons. The van der Waals surface area contributed by atoms with Crippen LogP contribution in [0.4, 0.5) is 0 Å². The number of benzene rings is 2. The van der Waals surface area contributed by atoms with Crippen molar-refractivity contribution in [3.63, 3.8) is 0 Å². The smallest absolute Gasteiger partial charge is 0.273 e. The standard InChI is InChI=1S/C21H19ClN4O4/c1-12-2-4-14(9-15(12)22)20-24-21(28)16(25-26-20)5-7-19(27)23-10-13-3-6-17-18(8-13)30-11-29-17/h2-4,6,8-9H,5,7,10-11H2,1H3,(H,23,27)(H,24,26,28). The van der Waals surface area contributed by atoms with Gasteiger partial charge in [0.2, 0.25) is 12.7 Å². The Hall–Kier alpha value is -3.39. The summed E-state index contributed by atoms with van der Waals surface area (Å²) in [6.45, 7) is 2.45. The van der Waals surface area contributed by atoms with Gasteiger partial charge in [-0.1, -0.05) is 29.8 Å². The van der Waals surface area contributed by atoms with E-state index in [0.29, 0.717) is 34.5 Å². The van der Waals surface area contributed by atoms with E-state index >= 15 is 0 Å². The summed E-state index contributed by atoms with van der Waals surface area (Å²) in [5, 5.41) is 11.5. The third-order valence-electron chi connectivity index (χ3n) is 4.73. The molecule has 3 aromatic rings. The fourth-order valence-electron chi connectivity index (χ4n) is 2.97. The van der Waals surface area contributed by atoms with E-state index in [9.17, 15) is 9.59 Å². The van der Waals surface area contributed by atoms with Gasteiger partial charge in [0.25, 0.3) is 5.56 Å². The number of rotatable bonds is 6. The zero-order valence-electron chi connectivity index (χ0n) is 16.2. The van der Waals surface area contributed by atoms with Crippen LogP contribution in [0.1, 0.15) is 23.2 Å². The maximum atomic E-state index is 12.3. The average molecular weight is 427 g/mol. The van der Waals surface area contributed by atoms with Crippen molar-refractivity contribution >= 4 is 17.5 Å². The van der Waals surface area contributed by atoms with Crippen molar-refractivity contribution in [2.45, 2.75) is 26.3 Å². The predicted molar refractivity (Wildman–Crippen MR) is 111 cm³/mol. The molecule has 8 nitrogen and oxygen atoms in total. The molecular formula is C21H19ClN4O4. The Morgan fingerprint density at radius 2 is 2.00 bits per heavy atom. The second kappa shape index (κ2) is 8.54. The van der Waals surface area contributed by atoms with E-state index in [0.717, 1.165) is 11.1 Å². The topological polar surface area (TPSA) is 106 Å². The van der Waals surface area contributed by atoms with E-state index in [1.807, 2.05) is 37.3 Å². The summed E-state index contributed by atoms with van der Waals surface area (Å²) >= 11 is 6.12. The lowest BCUT2D eigenvalue weighted by Gasteiger charge is -2.06. The molecule has 0 spiro atoms. The van der Waals surface area contributed by atoms with Crippen molar-refractivity contribution in [1.29, 1.82) is 0 Å². The van der Waals surface area contributed by atoms with Gasteiger partial charge in [-0.3, -0.25) is 9.59 Å². The van der Waals surface area contributed by atoms with Crippen LogP contribution in [0.5, 0.6) is 11.5 Å². The van der Waals surface area contributed by atoms with Gasteiger partial charge in [-0.05, 0) is 36.2 Å². The molecule has 0 unspecified atom stereocenters. The Labute approximate surface area is 177 Å². The first-order valence-corrected chi connectivity index (χ1v) is 9.75. The number of carbonyl (C=O) groups is 1. The Kier molecular flexibility index (Phi) is 5.67. The number of H-pyrrole nitrogens is 1. The zero-order valence-corrected chi connectivity index (χ0v) is 17.0. The molecule has 0 saturated heterocycles. The third-order valence-corrected chi connectivity index (χ3v) is 5.13. The molecule has 2 heterocycles. The number of nitrogens with zero attached hydrogens (tertiary/aromatic N) is 2. The second-order valence-corrected chi connectivity index (χ2v) is 7.28. The molecule has 1 aliphatic rings. The number of hydrogen-bond donors (Lipinski definition) is 2. The summed E-state index contributed by atoms with van der Waals surface area (Å²) in [5.41, 5.74) is 2.32. The van der Waals surface area contributed by atoms with E-state index in [1.54, 1.807) is 6.07 Å². The average Bonchev–Trinajstić information content (AvgIpc) is 3.21. The molecule has 1 aromatic heterocycles. The number of carbonyl (C=O) groups excluding carboxylic acids is 1. The van der Waals surface area contributed by atoms with E-state index in [2.05, 4.69) is 20.5 Å². The second-order valence-electron chi connectivity index (χ2n) is 6.88. The van der Waals surface area contributed by atoms with Gasteiger partial charge in [0.1, 0.15) is 5.69 Å². The first kappa shape index (κ1) is 19.9. The fraction of sp³-hybridized carbons (Fsp3) is 0.238. The predicted octanol–water partition coefficient (Wildman–Crippen LogP) is 2.77. The van der Waals surface area contributed by atoms with Gasteiger partial charge in [0.05, 0.1) is 0 Å². The molecule has 154 valence electrons. The van der Waals surface area contributed by atoms with Gasteiger partial charge in [0, 0.05) is 30.0 Å². The molecule has 0 aliphatic carbocycles. The maximum Gasteiger partial charge on any atom is 0.273 e. The molecular weight excluding hydrogens is 408 g/mol. The highest BCUT2D eigenvalue weighted by atomic mass is 35.5. The summed E-state index contributed by atoms with van der Waals surface area (Å²) in [6.07, 6.45) is 0.308. The number of aryl methyl sites for hydroxylation is 2. The van der Waals surface area contributed by atoms with Crippen molar-refractivity contribution in [3.05, 3.63) is 68.6 Å². The molecule has 0 atom stereocenters. The van der Waals surface area contributed by atoms with Gasteiger partial charge in [0.15, 0.2) is 17.3 Å². The monoisotopic (exact) mass is 426 g/mol. The van der Waals surface area contributed by atoms with Crippen LogP contribution < -0.4 is 20.3 Å². The molecule has 4 rings (SSSR count). The van der Waals surface area contributed by atoms with Gasteiger partial charge in [-0.15, -0.1) is 10.2 Å². The number of hydrogen-bond acceptors (Lipinski definition) is 6. The maximum absolute atomic E-state index is 12.3. The van der Waals surface area contributed by atoms with Gasteiger partial charge in [-0.2, -0.15) is 0 Å². The van der Waals surface area contributed by atoms with Crippen LogP contribution in [-0.4, -0.2) is 27.9 Å². The number of nitrogens with one attached hydrogen (secondary N) is 2. The van der Waals surface area contributed by atoms with E-state index in [4.69, 9.17) is 21.1 Å². The molecule has 9 heteroatoms. The van der Waals surface area contributed by atoms with Crippen LogP contribution >= 0.6 is 11.6 Å². The van der Waals surface area contributed by atoms with Gasteiger partial charge >= 0.3 is 0 Å². The highest BCUT2D eigenvalue weighted by Crippen LogP contribution is 2.32. The normalized spacial score (nSPS) is 12.1. The summed E-state index contributed by atoms with van der Waals surface area (Å²) in [5.74, 6) is 1.50. The Morgan fingerprint density at radius 1 is 1.17 bits per heavy atom. The van der Waals surface area contributed by atoms with Crippen molar-refractivity contribution in [2.75, 3.05) is 6.79 Å². The van der Waals surface area contributed by atoms with E-state index in [1.165, 1.54) is 0 Å². The van der Waals surface area contributed by atoms with Crippen LogP contribution in [0.15, 0.2) is 41.2 Å². The molecule has 0 saturated carbocycles. The lowest BCUT2D eigenvalue weighted by Crippen LogP contribution is -2.25. The molecule has 1 amide bonds. The number of halogens is 1. The number of aromatic nitrogens is 3. The summed E-state index contributed by atoms with van der Waals surface area (Å²) in [7, 11) is 0. The third kappa shape index (κ3) is 4.44.